The lowest BCUT2D eigenvalue weighted by atomic mass is 9.99. The molecule has 0 saturated carbocycles. The van der Waals surface area contributed by atoms with E-state index in [1.54, 1.807) is 6.07 Å². The monoisotopic (exact) mass is 346 g/mol. The lowest BCUT2D eigenvalue weighted by Gasteiger charge is -2.27. The minimum Gasteiger partial charge on any atom is -0.398 e. The van der Waals surface area contributed by atoms with Crippen molar-refractivity contribution in [3.05, 3.63) is 70.9 Å². The second kappa shape index (κ2) is 6.33. The van der Waals surface area contributed by atoms with Crippen LogP contribution in [0.25, 0.3) is 11.3 Å². The molecule has 0 fully saturated rings. The third-order valence-electron chi connectivity index (χ3n) is 5.09. The zero-order chi connectivity index (χ0) is 18.3. The zero-order valence-electron chi connectivity index (χ0n) is 15.1. The molecule has 2 heterocycles. The molecule has 0 bridgehead atoms. The molecule has 1 aromatic heterocycles. The van der Waals surface area contributed by atoms with Crippen LogP contribution in [0.4, 0.5) is 5.69 Å². The Morgan fingerprint density at radius 2 is 1.88 bits per heavy atom. The summed E-state index contributed by atoms with van der Waals surface area (Å²) in [5.41, 5.74) is 12.7. The minimum atomic E-state index is -0.0243. The molecule has 1 aliphatic heterocycles. The molecule has 0 radical (unpaired) electrons. The first-order valence-electron chi connectivity index (χ1n) is 8.81. The maximum absolute atomic E-state index is 13.0. The average molecular weight is 346 g/mol. The predicted molar refractivity (Wildman–Crippen MR) is 103 cm³/mol. The van der Waals surface area contributed by atoms with Crippen LogP contribution in [0.1, 0.15) is 27.2 Å². The van der Waals surface area contributed by atoms with Gasteiger partial charge in [-0.05, 0) is 25.0 Å². The molecule has 0 aliphatic carbocycles. The van der Waals surface area contributed by atoms with Crippen LogP contribution >= 0.6 is 0 Å². The Hall–Kier alpha value is -3.08. The largest absolute Gasteiger partial charge is 0.398 e. The van der Waals surface area contributed by atoms with E-state index in [9.17, 15) is 4.79 Å². The number of carbonyl (C=O) groups excluding carboxylic acids is 1. The van der Waals surface area contributed by atoms with E-state index < -0.39 is 0 Å². The molecule has 0 spiro atoms. The normalized spacial score (nSPS) is 13.5. The SMILES string of the molecule is Cc1cccc(C(=O)N2CCc3c(nn(C)c3-c3ccccc3)C2)c1N. The fourth-order valence-electron chi connectivity index (χ4n) is 3.69. The van der Waals surface area contributed by atoms with E-state index in [1.807, 2.05) is 53.9 Å². The molecule has 2 N–H and O–H groups in total. The zero-order valence-corrected chi connectivity index (χ0v) is 15.1. The van der Waals surface area contributed by atoms with Crippen molar-refractivity contribution in [3.8, 4) is 11.3 Å². The number of aromatic nitrogens is 2. The Balaban J connectivity index is 1.65. The van der Waals surface area contributed by atoms with E-state index in [-0.39, 0.29) is 5.91 Å². The molecule has 5 heteroatoms. The van der Waals surface area contributed by atoms with Crippen molar-refractivity contribution in [1.29, 1.82) is 0 Å². The van der Waals surface area contributed by atoms with Crippen molar-refractivity contribution < 1.29 is 4.79 Å². The van der Waals surface area contributed by atoms with E-state index in [0.29, 0.717) is 24.3 Å². The topological polar surface area (TPSA) is 64.2 Å². The number of amides is 1. The van der Waals surface area contributed by atoms with Gasteiger partial charge in [0.25, 0.3) is 5.91 Å². The van der Waals surface area contributed by atoms with Crippen LogP contribution in [0.3, 0.4) is 0 Å². The van der Waals surface area contributed by atoms with Crippen LogP contribution < -0.4 is 5.73 Å². The number of hydrogen-bond acceptors (Lipinski definition) is 3. The van der Waals surface area contributed by atoms with Crippen LogP contribution in [0.15, 0.2) is 48.5 Å². The van der Waals surface area contributed by atoms with Gasteiger partial charge in [0.2, 0.25) is 0 Å². The van der Waals surface area contributed by atoms with E-state index >= 15 is 0 Å². The molecule has 5 nitrogen and oxygen atoms in total. The molecule has 0 saturated heterocycles. The third-order valence-corrected chi connectivity index (χ3v) is 5.09. The highest BCUT2D eigenvalue weighted by molar-refractivity contribution is 5.99. The number of carbonyl (C=O) groups is 1. The van der Waals surface area contributed by atoms with Crippen LogP contribution in [-0.2, 0) is 20.0 Å². The standard InChI is InChI=1S/C21H22N4O/c1-14-7-6-10-17(19(14)22)21(26)25-12-11-16-18(13-25)23-24(2)20(16)15-8-4-3-5-9-15/h3-10H,11-13,22H2,1-2H3. The maximum Gasteiger partial charge on any atom is 0.256 e. The highest BCUT2D eigenvalue weighted by Crippen LogP contribution is 2.30. The summed E-state index contributed by atoms with van der Waals surface area (Å²) >= 11 is 0. The van der Waals surface area contributed by atoms with E-state index in [1.165, 1.54) is 5.56 Å². The summed E-state index contributed by atoms with van der Waals surface area (Å²) in [4.78, 5) is 14.8. The number of aryl methyl sites for hydroxylation is 2. The number of rotatable bonds is 2. The van der Waals surface area contributed by atoms with Crippen molar-refractivity contribution in [2.75, 3.05) is 12.3 Å². The molecule has 0 atom stereocenters. The van der Waals surface area contributed by atoms with E-state index in [4.69, 9.17) is 5.73 Å². The fraction of sp³-hybridized carbons (Fsp3) is 0.238. The Labute approximate surface area is 153 Å². The Morgan fingerprint density at radius 1 is 1.12 bits per heavy atom. The summed E-state index contributed by atoms with van der Waals surface area (Å²) in [6.07, 6.45) is 0.796. The van der Waals surface area contributed by atoms with Crippen molar-refractivity contribution in [1.82, 2.24) is 14.7 Å². The summed E-state index contributed by atoms with van der Waals surface area (Å²) in [5.74, 6) is -0.0243. The summed E-state index contributed by atoms with van der Waals surface area (Å²) < 4.78 is 1.93. The number of fused-ring (bicyclic) bond motifs is 1. The van der Waals surface area contributed by atoms with Crippen molar-refractivity contribution in [2.24, 2.45) is 7.05 Å². The van der Waals surface area contributed by atoms with Gasteiger partial charge >= 0.3 is 0 Å². The highest BCUT2D eigenvalue weighted by atomic mass is 16.2. The number of nitrogens with two attached hydrogens (primary N) is 1. The number of anilines is 1. The quantitative estimate of drug-likeness (QED) is 0.725. The van der Waals surface area contributed by atoms with Crippen molar-refractivity contribution in [3.63, 3.8) is 0 Å². The summed E-state index contributed by atoms with van der Waals surface area (Å²) in [7, 11) is 1.96. The van der Waals surface area contributed by atoms with Crippen LogP contribution in [-0.4, -0.2) is 27.1 Å². The van der Waals surface area contributed by atoms with Crippen LogP contribution in [0, 0.1) is 6.92 Å². The number of nitrogen functional groups attached to an aromatic ring is 1. The molecule has 26 heavy (non-hydrogen) atoms. The first-order valence-corrected chi connectivity index (χ1v) is 8.81. The Morgan fingerprint density at radius 3 is 2.65 bits per heavy atom. The van der Waals surface area contributed by atoms with Gasteiger partial charge in [-0.25, -0.2) is 0 Å². The van der Waals surface area contributed by atoms with Gasteiger partial charge in [0, 0.05) is 30.4 Å². The van der Waals surface area contributed by atoms with Gasteiger partial charge in [-0.1, -0.05) is 42.5 Å². The van der Waals surface area contributed by atoms with Gasteiger partial charge < -0.3 is 10.6 Å². The molecular formula is C21H22N4O. The molecule has 3 aromatic rings. The molecule has 1 aliphatic rings. The molecular weight excluding hydrogens is 324 g/mol. The number of nitrogens with zero attached hydrogens (tertiary/aromatic N) is 3. The van der Waals surface area contributed by atoms with Gasteiger partial charge in [-0.3, -0.25) is 9.48 Å². The molecule has 0 unspecified atom stereocenters. The Kier molecular flexibility index (Phi) is 3.99. The third kappa shape index (κ3) is 2.65. The van der Waals surface area contributed by atoms with Gasteiger partial charge in [0.1, 0.15) is 0 Å². The molecule has 132 valence electrons. The average Bonchev–Trinajstić information content (AvgIpc) is 2.99. The van der Waals surface area contributed by atoms with Crippen LogP contribution in [0.5, 0.6) is 0 Å². The summed E-state index contributed by atoms with van der Waals surface area (Å²) in [6, 6.07) is 15.9. The first-order chi connectivity index (χ1) is 12.6. The number of hydrogen-bond donors (Lipinski definition) is 1. The fourth-order valence-corrected chi connectivity index (χ4v) is 3.69. The number of benzene rings is 2. The lowest BCUT2D eigenvalue weighted by Crippen LogP contribution is -2.36. The number of para-hydroxylation sites is 1. The van der Waals surface area contributed by atoms with Gasteiger partial charge in [-0.2, -0.15) is 5.10 Å². The van der Waals surface area contributed by atoms with Crippen molar-refractivity contribution in [2.45, 2.75) is 19.9 Å². The van der Waals surface area contributed by atoms with Gasteiger partial charge in [0.05, 0.1) is 23.5 Å². The minimum absolute atomic E-state index is 0.0243. The smallest absolute Gasteiger partial charge is 0.256 e. The molecule has 2 aromatic carbocycles. The predicted octanol–water partition coefficient (Wildman–Crippen LogP) is 3.18. The van der Waals surface area contributed by atoms with Crippen molar-refractivity contribution >= 4 is 11.6 Å². The second-order valence-corrected chi connectivity index (χ2v) is 6.78. The van der Waals surface area contributed by atoms with Gasteiger partial charge in [0.15, 0.2) is 0 Å². The first kappa shape index (κ1) is 16.4. The van der Waals surface area contributed by atoms with E-state index in [2.05, 4.69) is 17.2 Å². The second-order valence-electron chi connectivity index (χ2n) is 6.78. The Bertz CT molecular complexity index is 975. The van der Waals surface area contributed by atoms with Gasteiger partial charge in [-0.15, -0.1) is 0 Å². The molecule has 1 amide bonds. The lowest BCUT2D eigenvalue weighted by molar-refractivity contribution is 0.0733. The summed E-state index contributed by atoms with van der Waals surface area (Å²) in [6.45, 7) is 3.11. The summed E-state index contributed by atoms with van der Waals surface area (Å²) in [5, 5.41) is 4.69. The maximum atomic E-state index is 13.0. The molecule has 4 rings (SSSR count). The van der Waals surface area contributed by atoms with E-state index in [0.717, 1.165) is 28.9 Å². The van der Waals surface area contributed by atoms with Crippen LogP contribution in [0.2, 0.25) is 0 Å². The highest BCUT2D eigenvalue weighted by Gasteiger charge is 2.28.